The smallest absolute Gasteiger partial charge is 0.318 e. The number of para-hydroxylation sites is 1. The van der Waals surface area contributed by atoms with Crippen LogP contribution in [0.2, 0.25) is 5.02 Å². The first kappa shape index (κ1) is 20.4. The molecule has 1 aliphatic heterocycles. The van der Waals surface area contributed by atoms with E-state index in [4.69, 9.17) is 11.6 Å². The predicted molar refractivity (Wildman–Crippen MR) is 128 cm³/mol. The van der Waals surface area contributed by atoms with E-state index in [9.17, 15) is 4.79 Å². The molecule has 0 fully saturated rings. The first-order valence-corrected chi connectivity index (χ1v) is 11.1. The van der Waals surface area contributed by atoms with Gasteiger partial charge in [0.1, 0.15) is 0 Å². The summed E-state index contributed by atoms with van der Waals surface area (Å²) in [5, 5.41) is 3.81. The van der Waals surface area contributed by atoms with Gasteiger partial charge in [-0.1, -0.05) is 71.8 Å². The molecule has 0 bridgehead atoms. The number of halogens is 1. The van der Waals surface area contributed by atoms with Gasteiger partial charge < -0.3 is 14.8 Å². The lowest BCUT2D eigenvalue weighted by atomic mass is 10.0. The van der Waals surface area contributed by atoms with Crippen LogP contribution in [0.5, 0.6) is 0 Å². The van der Waals surface area contributed by atoms with Crippen molar-refractivity contribution in [2.75, 3.05) is 0 Å². The van der Waals surface area contributed by atoms with E-state index in [0.717, 1.165) is 28.1 Å². The number of carbonyl (C=O) groups excluding carboxylic acids is 1. The molecule has 0 unspecified atom stereocenters. The molecule has 1 N–H and O–H groups in total. The third kappa shape index (κ3) is 3.90. The highest BCUT2D eigenvalue weighted by Crippen LogP contribution is 2.36. The van der Waals surface area contributed by atoms with E-state index in [-0.39, 0.29) is 12.1 Å². The largest absolute Gasteiger partial charge is 0.334 e. The lowest BCUT2D eigenvalue weighted by Crippen LogP contribution is -2.41. The Kier molecular flexibility index (Phi) is 5.46. The fraction of sp³-hybridized carbons (Fsp3) is 0.148. The molecule has 1 atom stereocenters. The molecule has 3 aromatic carbocycles. The number of amides is 2. The summed E-state index contributed by atoms with van der Waals surface area (Å²) in [7, 11) is 0. The number of rotatable bonds is 3. The van der Waals surface area contributed by atoms with Crippen LogP contribution >= 0.6 is 11.6 Å². The Bertz CT molecular complexity index is 1240. The quantitative estimate of drug-likeness (QED) is 0.400. The summed E-state index contributed by atoms with van der Waals surface area (Å²) in [4.78, 5) is 15.5. The van der Waals surface area contributed by atoms with Crippen LogP contribution in [0, 0.1) is 6.92 Å². The van der Waals surface area contributed by atoms with Gasteiger partial charge in [-0.2, -0.15) is 0 Å². The standard InChI is InChI=1S/C27H24ClN3O/c1-19-8-10-20(11-9-19)17-29-27(32)31-18-22-5-2-3-6-24(22)30-16-4-7-25(30)26(31)21-12-14-23(28)15-13-21/h2-16,26H,17-18H2,1H3,(H,29,32)/t26-/m1/s1. The van der Waals surface area contributed by atoms with Crippen molar-refractivity contribution in [2.45, 2.75) is 26.1 Å². The summed E-state index contributed by atoms with van der Waals surface area (Å²) < 4.78 is 2.18. The maximum absolute atomic E-state index is 13.6. The lowest BCUT2D eigenvalue weighted by molar-refractivity contribution is 0.180. The van der Waals surface area contributed by atoms with E-state index in [1.807, 2.05) is 47.4 Å². The molecule has 5 rings (SSSR count). The number of aryl methyl sites for hydroxylation is 1. The minimum Gasteiger partial charge on any atom is -0.334 e. The zero-order valence-corrected chi connectivity index (χ0v) is 18.6. The first-order valence-electron chi connectivity index (χ1n) is 10.7. The molecule has 2 heterocycles. The third-order valence-electron chi connectivity index (χ3n) is 5.97. The maximum atomic E-state index is 13.6. The van der Waals surface area contributed by atoms with Crippen LogP contribution in [-0.2, 0) is 13.1 Å². The molecule has 4 aromatic rings. The van der Waals surface area contributed by atoms with Gasteiger partial charge in [-0.25, -0.2) is 4.79 Å². The van der Waals surface area contributed by atoms with Gasteiger partial charge in [0.25, 0.3) is 0 Å². The Labute approximate surface area is 193 Å². The first-order chi connectivity index (χ1) is 15.6. The molecule has 5 heteroatoms. The minimum atomic E-state index is -0.243. The van der Waals surface area contributed by atoms with Gasteiger partial charge in [0.15, 0.2) is 0 Å². The predicted octanol–water partition coefficient (Wildman–Crippen LogP) is 6.25. The van der Waals surface area contributed by atoms with Crippen molar-refractivity contribution in [3.05, 3.63) is 124 Å². The molecule has 0 aliphatic carbocycles. The Hall–Kier alpha value is -3.50. The summed E-state index contributed by atoms with van der Waals surface area (Å²) in [6.45, 7) is 3.04. The Morgan fingerprint density at radius 2 is 1.72 bits per heavy atom. The van der Waals surface area contributed by atoms with Crippen molar-refractivity contribution < 1.29 is 4.79 Å². The van der Waals surface area contributed by atoms with E-state index in [1.54, 1.807) is 0 Å². The summed E-state index contributed by atoms with van der Waals surface area (Å²) >= 11 is 6.16. The van der Waals surface area contributed by atoms with E-state index in [1.165, 1.54) is 5.56 Å². The molecular formula is C27H24ClN3O. The number of aromatic nitrogens is 1. The zero-order valence-electron chi connectivity index (χ0n) is 17.8. The number of hydrogen-bond donors (Lipinski definition) is 1. The van der Waals surface area contributed by atoms with Crippen molar-refractivity contribution >= 4 is 17.6 Å². The average molecular weight is 442 g/mol. The number of carbonyl (C=O) groups is 1. The minimum absolute atomic E-state index is 0.102. The number of nitrogens with zero attached hydrogens (tertiary/aromatic N) is 2. The molecule has 0 saturated heterocycles. The SMILES string of the molecule is Cc1ccc(CNC(=O)N2Cc3ccccc3-n3cccc3[C@H]2c2ccc(Cl)cc2)cc1. The van der Waals surface area contributed by atoms with Gasteiger partial charge in [0.05, 0.1) is 18.3 Å². The highest BCUT2D eigenvalue weighted by Gasteiger charge is 2.32. The van der Waals surface area contributed by atoms with Crippen LogP contribution < -0.4 is 5.32 Å². The monoisotopic (exact) mass is 441 g/mol. The highest BCUT2D eigenvalue weighted by atomic mass is 35.5. The van der Waals surface area contributed by atoms with E-state index in [2.05, 4.69) is 65.5 Å². The molecule has 32 heavy (non-hydrogen) atoms. The molecule has 0 spiro atoms. The van der Waals surface area contributed by atoms with E-state index >= 15 is 0 Å². The Balaban J connectivity index is 1.54. The second kappa shape index (κ2) is 8.56. The topological polar surface area (TPSA) is 37.3 Å². The van der Waals surface area contributed by atoms with Gasteiger partial charge in [0.2, 0.25) is 0 Å². The summed E-state index contributed by atoms with van der Waals surface area (Å²) in [5.74, 6) is 0. The second-order valence-corrected chi connectivity index (χ2v) is 8.59. The van der Waals surface area contributed by atoms with Crippen molar-refractivity contribution in [3.63, 3.8) is 0 Å². The van der Waals surface area contributed by atoms with Gasteiger partial charge in [-0.05, 0) is 53.9 Å². The van der Waals surface area contributed by atoms with Crippen LogP contribution in [-0.4, -0.2) is 15.5 Å². The van der Waals surface area contributed by atoms with Crippen molar-refractivity contribution in [2.24, 2.45) is 0 Å². The molecule has 4 nitrogen and oxygen atoms in total. The number of hydrogen-bond acceptors (Lipinski definition) is 1. The van der Waals surface area contributed by atoms with E-state index < -0.39 is 0 Å². The van der Waals surface area contributed by atoms with Gasteiger partial charge in [-0.15, -0.1) is 0 Å². The molecule has 1 aliphatic rings. The van der Waals surface area contributed by atoms with Gasteiger partial charge in [0, 0.05) is 23.5 Å². The fourth-order valence-corrected chi connectivity index (χ4v) is 4.45. The van der Waals surface area contributed by atoms with E-state index in [0.29, 0.717) is 18.1 Å². The van der Waals surface area contributed by atoms with Crippen LogP contribution in [0.25, 0.3) is 5.69 Å². The summed E-state index contributed by atoms with van der Waals surface area (Å²) in [5.41, 5.74) is 6.54. The van der Waals surface area contributed by atoms with Crippen molar-refractivity contribution in [3.8, 4) is 5.69 Å². The van der Waals surface area contributed by atoms with Crippen molar-refractivity contribution in [1.29, 1.82) is 0 Å². The summed E-state index contributed by atoms with van der Waals surface area (Å²) in [6, 6.07) is 28.0. The van der Waals surface area contributed by atoms with Gasteiger partial charge >= 0.3 is 6.03 Å². The number of urea groups is 1. The molecule has 160 valence electrons. The maximum Gasteiger partial charge on any atom is 0.318 e. The molecular weight excluding hydrogens is 418 g/mol. The van der Waals surface area contributed by atoms with Gasteiger partial charge in [-0.3, -0.25) is 0 Å². The number of benzene rings is 3. The third-order valence-corrected chi connectivity index (χ3v) is 6.23. The van der Waals surface area contributed by atoms with Crippen LogP contribution in [0.1, 0.15) is 34.0 Å². The molecule has 0 saturated carbocycles. The molecule has 1 aromatic heterocycles. The average Bonchev–Trinajstić information content (AvgIpc) is 3.24. The lowest BCUT2D eigenvalue weighted by Gasteiger charge is -2.31. The zero-order chi connectivity index (χ0) is 22.1. The summed E-state index contributed by atoms with van der Waals surface area (Å²) in [6.07, 6.45) is 2.06. The Morgan fingerprint density at radius 1 is 0.969 bits per heavy atom. The van der Waals surface area contributed by atoms with Crippen LogP contribution in [0.15, 0.2) is 91.1 Å². The highest BCUT2D eigenvalue weighted by molar-refractivity contribution is 6.30. The van der Waals surface area contributed by atoms with Crippen LogP contribution in [0.4, 0.5) is 4.79 Å². The Morgan fingerprint density at radius 3 is 2.50 bits per heavy atom. The second-order valence-electron chi connectivity index (χ2n) is 8.16. The molecule has 2 amide bonds. The normalized spacial score (nSPS) is 14.9. The molecule has 0 radical (unpaired) electrons. The number of nitrogens with one attached hydrogen (secondary N) is 1. The number of fused-ring (bicyclic) bond motifs is 3. The van der Waals surface area contributed by atoms with Crippen LogP contribution in [0.3, 0.4) is 0 Å². The van der Waals surface area contributed by atoms with Crippen molar-refractivity contribution in [1.82, 2.24) is 14.8 Å². The fourth-order valence-electron chi connectivity index (χ4n) is 4.32.